The van der Waals surface area contributed by atoms with Crippen LogP contribution in [0.2, 0.25) is 0 Å². The van der Waals surface area contributed by atoms with Crippen molar-refractivity contribution in [2.24, 2.45) is 0 Å². The van der Waals surface area contributed by atoms with E-state index in [1.165, 1.54) is 10.1 Å². The molecule has 1 heterocycles. The number of alkyl halides is 1. The first-order chi connectivity index (χ1) is 6.24. The van der Waals surface area contributed by atoms with Gasteiger partial charge in [0, 0.05) is 8.27 Å². The molecule has 0 amide bonds. The van der Waals surface area contributed by atoms with Crippen LogP contribution in [0.5, 0.6) is 0 Å². The van der Waals surface area contributed by atoms with Crippen molar-refractivity contribution >= 4 is 61.3 Å². The Morgan fingerprint density at radius 1 is 1.54 bits per heavy atom. The van der Waals surface area contributed by atoms with E-state index in [-0.39, 0.29) is 0 Å². The summed E-state index contributed by atoms with van der Waals surface area (Å²) in [6, 6.07) is 4.18. The van der Waals surface area contributed by atoms with Crippen LogP contribution in [0.25, 0.3) is 10.1 Å². The largest absolute Gasteiger partial charge is 0.398 e. The number of thiophene rings is 1. The number of nitrogen functional groups attached to an aromatic ring is 1. The number of nitrogens with two attached hydrogens (primary N) is 1. The lowest BCUT2D eigenvalue weighted by atomic mass is 10.1. The normalized spacial score (nSPS) is 10.9. The van der Waals surface area contributed by atoms with Gasteiger partial charge < -0.3 is 5.73 Å². The summed E-state index contributed by atoms with van der Waals surface area (Å²) < 4.78 is 2.34. The molecule has 4 heteroatoms. The van der Waals surface area contributed by atoms with Crippen molar-refractivity contribution in [3.63, 3.8) is 0 Å². The fourth-order valence-electron chi connectivity index (χ4n) is 1.31. The fraction of sp³-hybridized carbons (Fsp3) is 0.111. The molecule has 2 aromatic rings. The van der Waals surface area contributed by atoms with Crippen LogP contribution in [0.3, 0.4) is 0 Å². The maximum Gasteiger partial charge on any atom is 0.0501 e. The second kappa shape index (κ2) is 3.63. The molecule has 0 aliphatic rings. The maximum atomic E-state index is 5.93. The zero-order chi connectivity index (χ0) is 9.42. The van der Waals surface area contributed by atoms with Gasteiger partial charge in [0.15, 0.2) is 0 Å². The van der Waals surface area contributed by atoms with Crippen LogP contribution in [0.4, 0.5) is 5.69 Å². The molecule has 0 radical (unpaired) electrons. The standard InChI is InChI=1S/C9H7ClINS/c10-4-6-5-1-2-13-8(5)3-7(11)9(6)12/h1-3H,4,12H2. The molecule has 0 saturated carbocycles. The van der Waals surface area contributed by atoms with Crippen molar-refractivity contribution in [3.05, 3.63) is 26.6 Å². The lowest BCUT2D eigenvalue weighted by Gasteiger charge is -2.05. The molecule has 0 aliphatic carbocycles. The van der Waals surface area contributed by atoms with Crippen LogP contribution in [0.1, 0.15) is 5.56 Å². The minimum atomic E-state index is 0.482. The molecule has 2 N–H and O–H groups in total. The number of hydrogen-bond donors (Lipinski definition) is 1. The third kappa shape index (κ3) is 1.53. The summed E-state index contributed by atoms with van der Waals surface area (Å²) in [5.41, 5.74) is 7.81. The average Bonchev–Trinajstić information content (AvgIpc) is 2.54. The molecule has 0 bridgehead atoms. The van der Waals surface area contributed by atoms with Crippen molar-refractivity contribution in [2.45, 2.75) is 5.88 Å². The van der Waals surface area contributed by atoms with Crippen molar-refractivity contribution in [1.82, 2.24) is 0 Å². The van der Waals surface area contributed by atoms with E-state index in [2.05, 4.69) is 40.1 Å². The van der Waals surface area contributed by atoms with E-state index in [1.54, 1.807) is 11.3 Å². The van der Waals surface area contributed by atoms with Crippen LogP contribution in [-0.4, -0.2) is 0 Å². The van der Waals surface area contributed by atoms with E-state index < -0.39 is 0 Å². The van der Waals surface area contributed by atoms with Crippen molar-refractivity contribution in [2.75, 3.05) is 5.73 Å². The lowest BCUT2D eigenvalue weighted by molar-refractivity contribution is 1.45. The SMILES string of the molecule is Nc1c(I)cc2sccc2c1CCl. The topological polar surface area (TPSA) is 26.0 Å². The summed E-state index contributed by atoms with van der Waals surface area (Å²) in [7, 11) is 0. The summed E-state index contributed by atoms with van der Waals surface area (Å²) in [6.45, 7) is 0. The zero-order valence-corrected chi connectivity index (χ0v) is 10.4. The predicted molar refractivity (Wildman–Crippen MR) is 68.5 cm³/mol. The van der Waals surface area contributed by atoms with E-state index in [9.17, 15) is 0 Å². The van der Waals surface area contributed by atoms with Crippen molar-refractivity contribution in [3.8, 4) is 0 Å². The van der Waals surface area contributed by atoms with Gasteiger partial charge in [-0.25, -0.2) is 0 Å². The van der Waals surface area contributed by atoms with Gasteiger partial charge in [0.1, 0.15) is 0 Å². The summed E-state index contributed by atoms with van der Waals surface area (Å²) in [4.78, 5) is 0. The number of halogens is 2. The van der Waals surface area contributed by atoms with Gasteiger partial charge in [-0.3, -0.25) is 0 Å². The highest BCUT2D eigenvalue weighted by Gasteiger charge is 2.08. The summed E-state index contributed by atoms with van der Waals surface area (Å²) in [6.07, 6.45) is 0. The summed E-state index contributed by atoms with van der Waals surface area (Å²) in [5, 5.41) is 3.26. The van der Waals surface area contributed by atoms with E-state index in [0.717, 1.165) is 14.8 Å². The molecule has 2 rings (SSSR count). The molecule has 1 nitrogen and oxygen atoms in total. The Balaban J connectivity index is 2.87. The Kier molecular flexibility index (Phi) is 2.67. The third-order valence-corrected chi connectivity index (χ3v) is 4.02. The first-order valence-corrected chi connectivity index (χ1v) is 6.23. The molecule has 0 spiro atoms. The quantitative estimate of drug-likeness (QED) is 0.482. The Morgan fingerprint density at radius 2 is 2.31 bits per heavy atom. The zero-order valence-electron chi connectivity index (χ0n) is 6.68. The van der Waals surface area contributed by atoms with Crippen LogP contribution >= 0.6 is 45.5 Å². The third-order valence-electron chi connectivity index (χ3n) is 1.99. The van der Waals surface area contributed by atoms with Gasteiger partial charge in [0.05, 0.1) is 11.6 Å². The van der Waals surface area contributed by atoms with E-state index >= 15 is 0 Å². The van der Waals surface area contributed by atoms with Gasteiger partial charge >= 0.3 is 0 Å². The van der Waals surface area contributed by atoms with E-state index in [4.69, 9.17) is 17.3 Å². The van der Waals surface area contributed by atoms with Crippen LogP contribution in [0.15, 0.2) is 17.5 Å². The number of anilines is 1. The average molecular weight is 324 g/mol. The smallest absolute Gasteiger partial charge is 0.0501 e. The lowest BCUT2D eigenvalue weighted by Crippen LogP contribution is -1.95. The molecule has 0 saturated heterocycles. The van der Waals surface area contributed by atoms with Crippen LogP contribution in [-0.2, 0) is 5.88 Å². The fourth-order valence-corrected chi connectivity index (χ4v) is 3.30. The van der Waals surface area contributed by atoms with Gasteiger partial charge in [-0.15, -0.1) is 22.9 Å². The molecular formula is C9H7ClINS. The number of benzene rings is 1. The first kappa shape index (κ1) is 9.55. The monoisotopic (exact) mass is 323 g/mol. The van der Waals surface area contributed by atoms with Crippen LogP contribution < -0.4 is 5.73 Å². The molecule has 0 atom stereocenters. The maximum absolute atomic E-state index is 5.93. The molecule has 0 aliphatic heterocycles. The van der Waals surface area contributed by atoms with Crippen molar-refractivity contribution in [1.29, 1.82) is 0 Å². The second-order valence-electron chi connectivity index (χ2n) is 2.72. The Bertz CT molecular complexity index is 452. The molecule has 0 unspecified atom stereocenters. The van der Waals surface area contributed by atoms with Gasteiger partial charge in [0.2, 0.25) is 0 Å². The predicted octanol–water partition coefficient (Wildman–Crippen LogP) is 3.83. The number of fused-ring (bicyclic) bond motifs is 1. The highest BCUT2D eigenvalue weighted by molar-refractivity contribution is 14.1. The van der Waals surface area contributed by atoms with Crippen molar-refractivity contribution < 1.29 is 0 Å². The number of rotatable bonds is 1. The second-order valence-corrected chi connectivity index (χ2v) is 5.09. The van der Waals surface area contributed by atoms with E-state index in [1.807, 2.05) is 0 Å². The molecule has 68 valence electrons. The Labute approximate surface area is 99.0 Å². The molecule has 0 fully saturated rings. The number of hydrogen-bond acceptors (Lipinski definition) is 2. The Morgan fingerprint density at radius 3 is 3.00 bits per heavy atom. The Hall–Kier alpha value is -0.0000000000000000555. The molecule has 13 heavy (non-hydrogen) atoms. The summed E-state index contributed by atoms with van der Waals surface area (Å²) >= 11 is 9.82. The molecule has 1 aromatic carbocycles. The highest BCUT2D eigenvalue weighted by atomic mass is 127. The molecule has 1 aromatic heterocycles. The van der Waals surface area contributed by atoms with Crippen LogP contribution in [0, 0.1) is 3.57 Å². The van der Waals surface area contributed by atoms with E-state index in [0.29, 0.717) is 5.88 Å². The highest BCUT2D eigenvalue weighted by Crippen LogP contribution is 2.33. The first-order valence-electron chi connectivity index (χ1n) is 3.74. The van der Waals surface area contributed by atoms with Gasteiger partial charge in [-0.1, -0.05) is 0 Å². The van der Waals surface area contributed by atoms with Gasteiger partial charge in [-0.2, -0.15) is 0 Å². The van der Waals surface area contributed by atoms with Gasteiger partial charge in [-0.05, 0) is 51.1 Å². The van der Waals surface area contributed by atoms with Gasteiger partial charge in [0.25, 0.3) is 0 Å². The minimum absolute atomic E-state index is 0.482. The summed E-state index contributed by atoms with van der Waals surface area (Å²) in [5.74, 6) is 0.482. The molecular weight excluding hydrogens is 317 g/mol. The minimum Gasteiger partial charge on any atom is -0.398 e.